The average Bonchev–Trinajstić information content (AvgIpc) is 2.58. The summed E-state index contributed by atoms with van der Waals surface area (Å²) < 4.78 is 6.82. The van der Waals surface area contributed by atoms with Crippen LogP contribution in [0.15, 0.2) is 36.4 Å². The van der Waals surface area contributed by atoms with E-state index in [4.69, 9.17) is 17.0 Å². The van der Waals surface area contributed by atoms with E-state index in [1.165, 1.54) is 3.57 Å². The monoisotopic (exact) mass is 482 g/mol. The van der Waals surface area contributed by atoms with Gasteiger partial charge in [0, 0.05) is 14.8 Å². The molecule has 0 atom stereocenters. The standard InChI is InChI=1S/C20H23IN2O2S/c1-12(2)11-25-16-7-5-15(6-8-16)19(24)23-20(26)22-18-10-13(3)17(21)9-14(18)4/h5-10,12H,11H2,1-4H3,(H2,22,23,24,26). The van der Waals surface area contributed by atoms with Crippen molar-refractivity contribution in [2.24, 2.45) is 5.92 Å². The summed E-state index contributed by atoms with van der Waals surface area (Å²) in [5, 5.41) is 6.09. The second kappa shape index (κ2) is 9.32. The smallest absolute Gasteiger partial charge is 0.257 e. The third-order valence-corrected chi connectivity index (χ3v) is 5.05. The number of aryl methyl sites for hydroxylation is 2. The van der Waals surface area contributed by atoms with Crippen LogP contribution in [0.1, 0.15) is 35.3 Å². The lowest BCUT2D eigenvalue weighted by atomic mass is 10.1. The highest BCUT2D eigenvalue weighted by Crippen LogP contribution is 2.22. The van der Waals surface area contributed by atoms with Crippen LogP contribution in [0.3, 0.4) is 0 Å². The van der Waals surface area contributed by atoms with Crippen LogP contribution in [0, 0.1) is 23.3 Å². The first-order valence-corrected chi connectivity index (χ1v) is 9.87. The molecule has 1 amide bonds. The topological polar surface area (TPSA) is 50.4 Å². The fourth-order valence-electron chi connectivity index (χ4n) is 2.21. The predicted molar refractivity (Wildman–Crippen MR) is 119 cm³/mol. The number of rotatable bonds is 5. The average molecular weight is 482 g/mol. The molecule has 2 aromatic carbocycles. The summed E-state index contributed by atoms with van der Waals surface area (Å²) in [5.74, 6) is 0.952. The number of halogens is 1. The van der Waals surface area contributed by atoms with Crippen LogP contribution in [0.25, 0.3) is 0 Å². The molecule has 0 bridgehead atoms. The highest BCUT2D eigenvalue weighted by Gasteiger charge is 2.10. The maximum absolute atomic E-state index is 12.3. The van der Waals surface area contributed by atoms with Crippen molar-refractivity contribution in [3.8, 4) is 5.75 Å². The van der Waals surface area contributed by atoms with Crippen LogP contribution in [0.4, 0.5) is 5.69 Å². The molecule has 138 valence electrons. The molecular weight excluding hydrogens is 459 g/mol. The predicted octanol–water partition coefficient (Wildman–Crippen LogP) is 5.07. The molecule has 0 aliphatic heterocycles. The molecule has 0 unspecified atom stereocenters. The molecule has 4 nitrogen and oxygen atoms in total. The minimum Gasteiger partial charge on any atom is -0.493 e. The van der Waals surface area contributed by atoms with Crippen molar-refractivity contribution in [3.05, 3.63) is 56.7 Å². The molecule has 0 aromatic heterocycles. The van der Waals surface area contributed by atoms with Crippen molar-refractivity contribution in [1.82, 2.24) is 5.32 Å². The highest BCUT2D eigenvalue weighted by atomic mass is 127. The summed E-state index contributed by atoms with van der Waals surface area (Å²) in [7, 11) is 0. The van der Waals surface area contributed by atoms with Gasteiger partial charge in [-0.15, -0.1) is 0 Å². The third-order valence-electron chi connectivity index (χ3n) is 3.68. The molecule has 0 radical (unpaired) electrons. The van der Waals surface area contributed by atoms with Gasteiger partial charge in [-0.05, 0) is 102 Å². The summed E-state index contributed by atoms with van der Waals surface area (Å²) in [4.78, 5) is 12.3. The van der Waals surface area contributed by atoms with Crippen LogP contribution in [-0.4, -0.2) is 17.6 Å². The summed E-state index contributed by atoms with van der Waals surface area (Å²) in [6, 6.07) is 11.2. The largest absolute Gasteiger partial charge is 0.493 e. The lowest BCUT2D eigenvalue weighted by molar-refractivity contribution is 0.0977. The molecule has 2 aromatic rings. The Balaban J connectivity index is 1.96. The maximum atomic E-state index is 12.3. The van der Waals surface area contributed by atoms with Crippen LogP contribution < -0.4 is 15.4 Å². The van der Waals surface area contributed by atoms with E-state index in [0.717, 1.165) is 22.6 Å². The number of carbonyl (C=O) groups is 1. The number of hydrogen-bond acceptors (Lipinski definition) is 3. The Morgan fingerprint density at radius 3 is 2.42 bits per heavy atom. The van der Waals surface area contributed by atoms with Crippen LogP contribution in [0.5, 0.6) is 5.75 Å². The van der Waals surface area contributed by atoms with Gasteiger partial charge in [0.05, 0.1) is 6.61 Å². The molecule has 0 aliphatic rings. The Bertz CT molecular complexity index is 804. The Morgan fingerprint density at radius 1 is 1.15 bits per heavy atom. The van der Waals surface area contributed by atoms with E-state index >= 15 is 0 Å². The van der Waals surface area contributed by atoms with Gasteiger partial charge >= 0.3 is 0 Å². The lowest BCUT2D eigenvalue weighted by Crippen LogP contribution is -2.34. The van der Waals surface area contributed by atoms with Gasteiger partial charge in [0.25, 0.3) is 5.91 Å². The zero-order valence-electron chi connectivity index (χ0n) is 15.4. The van der Waals surface area contributed by atoms with Crippen molar-refractivity contribution in [2.75, 3.05) is 11.9 Å². The van der Waals surface area contributed by atoms with Crippen LogP contribution in [0.2, 0.25) is 0 Å². The van der Waals surface area contributed by atoms with Crippen molar-refractivity contribution in [1.29, 1.82) is 0 Å². The molecule has 6 heteroatoms. The summed E-state index contributed by atoms with van der Waals surface area (Å²) in [6.07, 6.45) is 0. The van der Waals surface area contributed by atoms with Crippen molar-refractivity contribution >= 4 is 51.5 Å². The fourth-order valence-corrected chi connectivity index (χ4v) is 3.04. The molecule has 0 saturated carbocycles. The SMILES string of the molecule is Cc1cc(NC(=S)NC(=O)c2ccc(OCC(C)C)cc2)c(C)cc1I. The van der Waals surface area contributed by atoms with Crippen molar-refractivity contribution < 1.29 is 9.53 Å². The number of amides is 1. The number of carbonyl (C=O) groups excluding carboxylic acids is 1. The molecule has 0 spiro atoms. The molecular formula is C20H23IN2O2S. The zero-order chi connectivity index (χ0) is 19.3. The normalized spacial score (nSPS) is 10.5. The summed E-state index contributed by atoms with van der Waals surface area (Å²) in [6.45, 7) is 8.87. The zero-order valence-corrected chi connectivity index (χ0v) is 18.3. The molecule has 26 heavy (non-hydrogen) atoms. The summed E-state index contributed by atoms with van der Waals surface area (Å²) in [5.41, 5.74) is 3.65. The van der Waals surface area contributed by atoms with Gasteiger partial charge in [0.1, 0.15) is 5.75 Å². The third kappa shape index (κ3) is 5.95. The maximum Gasteiger partial charge on any atom is 0.257 e. The van der Waals surface area contributed by atoms with E-state index in [1.807, 2.05) is 19.9 Å². The summed E-state index contributed by atoms with van der Waals surface area (Å²) >= 11 is 7.57. The van der Waals surface area contributed by atoms with E-state index in [-0.39, 0.29) is 11.0 Å². The van der Waals surface area contributed by atoms with Crippen LogP contribution >= 0.6 is 34.8 Å². The second-order valence-electron chi connectivity index (χ2n) is 6.55. The van der Waals surface area contributed by atoms with Gasteiger partial charge in [-0.3, -0.25) is 10.1 Å². The Labute approximate surface area is 173 Å². The first-order valence-electron chi connectivity index (χ1n) is 8.38. The van der Waals surface area contributed by atoms with E-state index in [2.05, 4.69) is 53.1 Å². The number of anilines is 1. The molecule has 0 heterocycles. The van der Waals surface area contributed by atoms with Crippen molar-refractivity contribution in [2.45, 2.75) is 27.7 Å². The van der Waals surface area contributed by atoms with Gasteiger partial charge in [0.15, 0.2) is 5.11 Å². The van der Waals surface area contributed by atoms with Crippen LogP contribution in [-0.2, 0) is 0 Å². The number of ether oxygens (including phenoxy) is 1. The molecule has 0 aliphatic carbocycles. The number of hydrogen-bond donors (Lipinski definition) is 2. The van der Waals surface area contributed by atoms with Gasteiger partial charge in [-0.2, -0.15) is 0 Å². The van der Waals surface area contributed by atoms with E-state index in [9.17, 15) is 4.79 Å². The highest BCUT2D eigenvalue weighted by molar-refractivity contribution is 14.1. The number of nitrogens with one attached hydrogen (secondary N) is 2. The quantitative estimate of drug-likeness (QED) is 0.462. The molecule has 2 rings (SSSR count). The molecule has 0 saturated heterocycles. The first kappa shape index (κ1) is 20.6. The van der Waals surface area contributed by atoms with E-state index in [0.29, 0.717) is 18.1 Å². The minimum absolute atomic E-state index is 0.252. The lowest BCUT2D eigenvalue weighted by Gasteiger charge is -2.14. The minimum atomic E-state index is -0.252. The fraction of sp³-hybridized carbons (Fsp3) is 0.300. The number of thiocarbonyl (C=S) groups is 1. The van der Waals surface area contributed by atoms with E-state index < -0.39 is 0 Å². The molecule has 2 N–H and O–H groups in total. The Kier molecular flexibility index (Phi) is 7.40. The first-order chi connectivity index (χ1) is 12.3. The number of benzene rings is 2. The Hall–Kier alpha value is -1.67. The second-order valence-corrected chi connectivity index (χ2v) is 8.12. The molecule has 0 fully saturated rings. The van der Waals surface area contributed by atoms with E-state index in [1.54, 1.807) is 24.3 Å². The van der Waals surface area contributed by atoms with Gasteiger partial charge in [0.2, 0.25) is 0 Å². The van der Waals surface area contributed by atoms with Gasteiger partial charge in [-0.25, -0.2) is 0 Å². The van der Waals surface area contributed by atoms with Crippen molar-refractivity contribution in [3.63, 3.8) is 0 Å². The van der Waals surface area contributed by atoms with Gasteiger partial charge in [-0.1, -0.05) is 13.8 Å². The Morgan fingerprint density at radius 2 is 1.81 bits per heavy atom. The van der Waals surface area contributed by atoms with Gasteiger partial charge < -0.3 is 10.1 Å².